The highest BCUT2D eigenvalue weighted by Crippen LogP contribution is 2.15. The summed E-state index contributed by atoms with van der Waals surface area (Å²) in [4.78, 5) is 25.1. The van der Waals surface area contributed by atoms with Crippen LogP contribution in [0.2, 0.25) is 0 Å². The van der Waals surface area contributed by atoms with Crippen LogP contribution in [0.15, 0.2) is 40.8 Å². The SMILES string of the molecule is COC(=O)c1ccc(COC(=O)c2ccc(N(C)C)cc2)o1. The van der Waals surface area contributed by atoms with Gasteiger partial charge in [0.2, 0.25) is 5.76 Å². The Kier molecular flexibility index (Phi) is 4.83. The second-order valence-corrected chi connectivity index (χ2v) is 4.77. The molecule has 0 aliphatic rings. The zero-order chi connectivity index (χ0) is 16.1. The van der Waals surface area contributed by atoms with Crippen LogP contribution in [0.4, 0.5) is 5.69 Å². The molecule has 0 bridgehead atoms. The van der Waals surface area contributed by atoms with Gasteiger partial charge < -0.3 is 18.8 Å². The molecule has 0 spiro atoms. The number of anilines is 1. The number of hydrogen-bond donors (Lipinski definition) is 0. The maximum absolute atomic E-state index is 11.9. The van der Waals surface area contributed by atoms with E-state index in [-0.39, 0.29) is 12.4 Å². The zero-order valence-electron chi connectivity index (χ0n) is 12.7. The number of carbonyl (C=O) groups excluding carboxylic acids is 2. The molecule has 0 atom stereocenters. The topological polar surface area (TPSA) is 69.0 Å². The third-order valence-corrected chi connectivity index (χ3v) is 3.01. The number of carbonyl (C=O) groups is 2. The summed E-state index contributed by atoms with van der Waals surface area (Å²) < 4.78 is 14.9. The van der Waals surface area contributed by atoms with Crippen LogP contribution in [0.1, 0.15) is 26.7 Å². The molecule has 22 heavy (non-hydrogen) atoms. The number of rotatable bonds is 5. The fraction of sp³-hybridized carbons (Fsp3) is 0.250. The molecule has 0 amide bonds. The molecule has 0 aliphatic heterocycles. The van der Waals surface area contributed by atoms with Crippen molar-refractivity contribution in [2.24, 2.45) is 0 Å². The van der Waals surface area contributed by atoms with Crippen LogP contribution in [0.5, 0.6) is 0 Å². The first-order valence-electron chi connectivity index (χ1n) is 6.63. The molecule has 0 saturated carbocycles. The van der Waals surface area contributed by atoms with Gasteiger partial charge in [-0.2, -0.15) is 0 Å². The van der Waals surface area contributed by atoms with Crippen molar-refractivity contribution in [2.75, 3.05) is 26.1 Å². The smallest absolute Gasteiger partial charge is 0.373 e. The van der Waals surface area contributed by atoms with Crippen LogP contribution in [0.3, 0.4) is 0 Å². The minimum absolute atomic E-state index is 0.0503. The summed E-state index contributed by atoms with van der Waals surface area (Å²) >= 11 is 0. The highest BCUT2D eigenvalue weighted by atomic mass is 16.5. The Bertz CT molecular complexity index is 657. The van der Waals surface area contributed by atoms with Gasteiger partial charge in [0.25, 0.3) is 0 Å². The van der Waals surface area contributed by atoms with Crippen LogP contribution in [0, 0.1) is 0 Å². The summed E-state index contributed by atoms with van der Waals surface area (Å²) in [5, 5.41) is 0. The van der Waals surface area contributed by atoms with E-state index in [4.69, 9.17) is 9.15 Å². The van der Waals surface area contributed by atoms with Crippen LogP contribution in [-0.4, -0.2) is 33.1 Å². The van der Waals surface area contributed by atoms with Gasteiger partial charge in [-0.1, -0.05) is 0 Å². The van der Waals surface area contributed by atoms with E-state index >= 15 is 0 Å². The van der Waals surface area contributed by atoms with Gasteiger partial charge in [-0.15, -0.1) is 0 Å². The number of esters is 2. The fourth-order valence-electron chi connectivity index (χ4n) is 1.78. The van der Waals surface area contributed by atoms with Gasteiger partial charge in [-0.25, -0.2) is 9.59 Å². The van der Waals surface area contributed by atoms with Crippen LogP contribution in [-0.2, 0) is 16.1 Å². The standard InChI is InChI=1S/C16H17NO5/c1-17(2)12-6-4-11(5-7-12)15(18)21-10-13-8-9-14(22-13)16(19)20-3/h4-9H,10H2,1-3H3. The third-order valence-electron chi connectivity index (χ3n) is 3.01. The fourth-order valence-corrected chi connectivity index (χ4v) is 1.78. The van der Waals surface area contributed by atoms with E-state index in [0.29, 0.717) is 11.3 Å². The van der Waals surface area contributed by atoms with E-state index in [1.165, 1.54) is 13.2 Å². The van der Waals surface area contributed by atoms with E-state index in [2.05, 4.69) is 4.74 Å². The Hall–Kier alpha value is -2.76. The molecule has 2 aromatic rings. The highest BCUT2D eigenvalue weighted by Gasteiger charge is 2.13. The van der Waals surface area contributed by atoms with E-state index < -0.39 is 11.9 Å². The van der Waals surface area contributed by atoms with Crippen molar-refractivity contribution in [1.29, 1.82) is 0 Å². The van der Waals surface area contributed by atoms with Crippen molar-refractivity contribution >= 4 is 17.6 Å². The average molecular weight is 303 g/mol. The lowest BCUT2D eigenvalue weighted by Gasteiger charge is -2.12. The Morgan fingerprint density at radius 1 is 1.05 bits per heavy atom. The lowest BCUT2D eigenvalue weighted by molar-refractivity contribution is 0.0438. The third kappa shape index (κ3) is 3.66. The number of benzene rings is 1. The Labute approximate surface area is 128 Å². The van der Waals surface area contributed by atoms with Crippen molar-refractivity contribution < 1.29 is 23.5 Å². The molecule has 2 rings (SSSR count). The quantitative estimate of drug-likeness (QED) is 0.790. The molecule has 1 heterocycles. The molecule has 0 unspecified atom stereocenters. The summed E-state index contributed by atoms with van der Waals surface area (Å²) in [5.74, 6) is -0.583. The molecule has 6 heteroatoms. The van der Waals surface area contributed by atoms with Crippen molar-refractivity contribution in [3.05, 3.63) is 53.5 Å². The van der Waals surface area contributed by atoms with Gasteiger partial charge in [0.05, 0.1) is 12.7 Å². The number of ether oxygens (including phenoxy) is 2. The molecule has 0 fully saturated rings. The number of furan rings is 1. The van der Waals surface area contributed by atoms with Gasteiger partial charge in [0, 0.05) is 19.8 Å². The molecule has 1 aromatic heterocycles. The van der Waals surface area contributed by atoms with Crippen LogP contribution < -0.4 is 4.90 Å². The molecular formula is C16H17NO5. The van der Waals surface area contributed by atoms with Gasteiger partial charge in [0.15, 0.2) is 0 Å². The predicted octanol–water partition coefficient (Wildman–Crippen LogP) is 2.49. The maximum atomic E-state index is 11.9. The summed E-state index contributed by atoms with van der Waals surface area (Å²) in [5.41, 5.74) is 1.44. The Balaban J connectivity index is 1.95. The monoisotopic (exact) mass is 303 g/mol. The second-order valence-electron chi connectivity index (χ2n) is 4.77. The summed E-state index contributed by atoms with van der Waals surface area (Å²) in [6, 6.07) is 10.1. The number of methoxy groups -OCH3 is 1. The second kappa shape index (κ2) is 6.80. The maximum Gasteiger partial charge on any atom is 0.373 e. The summed E-state index contributed by atoms with van der Waals surface area (Å²) in [6.45, 7) is -0.0503. The van der Waals surface area contributed by atoms with Gasteiger partial charge in [-0.05, 0) is 36.4 Å². The predicted molar refractivity (Wildman–Crippen MR) is 79.9 cm³/mol. The lowest BCUT2D eigenvalue weighted by atomic mass is 10.2. The minimum atomic E-state index is -0.572. The van der Waals surface area contributed by atoms with Crippen molar-refractivity contribution in [3.63, 3.8) is 0 Å². The first kappa shape index (κ1) is 15.6. The van der Waals surface area contributed by atoms with E-state index in [0.717, 1.165) is 5.69 Å². The normalized spacial score (nSPS) is 10.1. The zero-order valence-corrected chi connectivity index (χ0v) is 12.7. The van der Waals surface area contributed by atoms with E-state index in [1.54, 1.807) is 18.2 Å². The molecule has 0 radical (unpaired) electrons. The molecule has 0 saturated heterocycles. The summed E-state index contributed by atoms with van der Waals surface area (Å²) in [6.07, 6.45) is 0. The van der Waals surface area contributed by atoms with Crippen molar-refractivity contribution in [2.45, 2.75) is 6.61 Å². The van der Waals surface area contributed by atoms with Crippen molar-refractivity contribution in [1.82, 2.24) is 0 Å². The number of hydrogen-bond acceptors (Lipinski definition) is 6. The largest absolute Gasteiger partial charge is 0.463 e. The van der Waals surface area contributed by atoms with E-state index in [1.807, 2.05) is 31.1 Å². The molecule has 0 N–H and O–H groups in total. The minimum Gasteiger partial charge on any atom is -0.463 e. The Morgan fingerprint density at radius 2 is 1.73 bits per heavy atom. The number of nitrogens with zero attached hydrogens (tertiary/aromatic N) is 1. The first-order chi connectivity index (χ1) is 10.5. The molecular weight excluding hydrogens is 286 g/mol. The molecule has 6 nitrogen and oxygen atoms in total. The van der Waals surface area contributed by atoms with Gasteiger partial charge >= 0.3 is 11.9 Å². The average Bonchev–Trinajstić information content (AvgIpc) is 3.00. The molecule has 1 aromatic carbocycles. The molecule has 0 aliphatic carbocycles. The summed E-state index contributed by atoms with van der Waals surface area (Å²) in [7, 11) is 5.11. The highest BCUT2D eigenvalue weighted by molar-refractivity contribution is 5.89. The molecule has 116 valence electrons. The lowest BCUT2D eigenvalue weighted by Crippen LogP contribution is -2.09. The van der Waals surface area contributed by atoms with Crippen LogP contribution in [0.25, 0.3) is 0 Å². The van der Waals surface area contributed by atoms with Gasteiger partial charge in [-0.3, -0.25) is 0 Å². The van der Waals surface area contributed by atoms with Gasteiger partial charge in [0.1, 0.15) is 12.4 Å². The Morgan fingerprint density at radius 3 is 2.32 bits per heavy atom. The van der Waals surface area contributed by atoms with Crippen molar-refractivity contribution in [3.8, 4) is 0 Å². The van der Waals surface area contributed by atoms with Crippen LogP contribution >= 0.6 is 0 Å². The van der Waals surface area contributed by atoms with E-state index in [9.17, 15) is 9.59 Å². The first-order valence-corrected chi connectivity index (χ1v) is 6.63.